The highest BCUT2D eigenvalue weighted by Crippen LogP contribution is 2.23. The molecule has 0 aliphatic carbocycles. The maximum absolute atomic E-state index is 13.1. The molecule has 0 aromatic carbocycles. The monoisotopic (exact) mass is 1120 g/mol. The molecule has 0 spiro atoms. The lowest BCUT2D eigenvalue weighted by Gasteiger charge is -2.40. The fourth-order valence-corrected chi connectivity index (χ4v) is 9.99. The van der Waals surface area contributed by atoms with Gasteiger partial charge in [0.25, 0.3) is 0 Å². The van der Waals surface area contributed by atoms with E-state index in [0.29, 0.717) is 12.8 Å². The third kappa shape index (κ3) is 47.4. The molecule has 7 unspecified atom stereocenters. The molecule has 0 bridgehead atoms. The molecule has 9 nitrogen and oxygen atoms in total. The summed E-state index contributed by atoms with van der Waals surface area (Å²) in [6.07, 6.45) is 80.0. The van der Waals surface area contributed by atoms with E-state index in [4.69, 9.17) is 9.47 Å². The minimum absolute atomic E-state index is 0.168. The fraction of sp³-hybridized carbons (Fsp3) is 0.732. The lowest BCUT2D eigenvalue weighted by atomic mass is 9.99. The van der Waals surface area contributed by atoms with Crippen LogP contribution in [0.5, 0.6) is 0 Å². The zero-order valence-electron chi connectivity index (χ0n) is 51.3. The van der Waals surface area contributed by atoms with Gasteiger partial charge in [-0.1, -0.05) is 303 Å². The average molecular weight is 1120 g/mol. The Bertz CT molecular complexity index is 1630. The molecule has 0 saturated carbocycles. The fourth-order valence-electron chi connectivity index (χ4n) is 9.99. The number of aliphatic hydroxyl groups excluding tert-OH is 5. The molecule has 460 valence electrons. The summed E-state index contributed by atoms with van der Waals surface area (Å²) in [5.74, 6) is -0.203. The molecule has 1 saturated heterocycles. The van der Waals surface area contributed by atoms with Gasteiger partial charge in [0, 0.05) is 6.42 Å². The van der Waals surface area contributed by atoms with Crippen molar-refractivity contribution in [3.05, 3.63) is 109 Å². The second-order valence-corrected chi connectivity index (χ2v) is 22.5. The van der Waals surface area contributed by atoms with Crippen molar-refractivity contribution in [2.75, 3.05) is 13.2 Å². The lowest BCUT2D eigenvalue weighted by Crippen LogP contribution is -2.60. The van der Waals surface area contributed by atoms with Gasteiger partial charge in [0.05, 0.1) is 25.4 Å². The molecule has 1 rings (SSSR count). The number of carbonyl (C=O) groups is 1. The zero-order chi connectivity index (χ0) is 57.9. The number of carbonyl (C=O) groups excluding carboxylic acids is 1. The van der Waals surface area contributed by atoms with Crippen LogP contribution in [0.15, 0.2) is 109 Å². The van der Waals surface area contributed by atoms with Crippen LogP contribution in [0.2, 0.25) is 0 Å². The quantitative estimate of drug-likeness (QED) is 0.0261. The van der Waals surface area contributed by atoms with E-state index in [1.807, 2.05) is 0 Å². The first-order valence-corrected chi connectivity index (χ1v) is 33.1. The first-order valence-electron chi connectivity index (χ1n) is 33.1. The molecule has 7 atom stereocenters. The molecule has 6 N–H and O–H groups in total. The number of nitrogens with one attached hydrogen (secondary N) is 1. The Labute approximate surface area is 491 Å². The Morgan fingerprint density at radius 2 is 0.762 bits per heavy atom. The summed E-state index contributed by atoms with van der Waals surface area (Å²) >= 11 is 0. The number of unbranched alkanes of at least 4 members (excludes halogenated alkanes) is 28. The number of amides is 1. The van der Waals surface area contributed by atoms with Crippen molar-refractivity contribution in [1.82, 2.24) is 5.32 Å². The summed E-state index contributed by atoms with van der Waals surface area (Å²) in [7, 11) is 0. The Balaban J connectivity index is 2.22. The van der Waals surface area contributed by atoms with E-state index in [2.05, 4.69) is 129 Å². The highest BCUT2D eigenvalue weighted by atomic mass is 16.7. The molecule has 9 heteroatoms. The normalized spacial score (nSPS) is 19.2. The van der Waals surface area contributed by atoms with Gasteiger partial charge in [0.1, 0.15) is 24.4 Å². The van der Waals surface area contributed by atoms with E-state index < -0.39 is 49.5 Å². The molecule has 0 radical (unpaired) electrons. The van der Waals surface area contributed by atoms with Gasteiger partial charge in [0.2, 0.25) is 5.91 Å². The van der Waals surface area contributed by atoms with Crippen molar-refractivity contribution >= 4 is 5.91 Å². The van der Waals surface area contributed by atoms with E-state index in [9.17, 15) is 30.3 Å². The van der Waals surface area contributed by atoms with Crippen molar-refractivity contribution in [3.63, 3.8) is 0 Å². The molecule has 1 fully saturated rings. The van der Waals surface area contributed by atoms with Crippen LogP contribution in [-0.2, 0) is 14.3 Å². The molecular formula is C71H123NO8. The van der Waals surface area contributed by atoms with E-state index in [1.54, 1.807) is 0 Å². The number of ether oxygens (including phenoxy) is 2. The number of hydrogen-bond acceptors (Lipinski definition) is 8. The van der Waals surface area contributed by atoms with E-state index in [1.165, 1.54) is 161 Å². The highest BCUT2D eigenvalue weighted by Gasteiger charge is 2.44. The smallest absolute Gasteiger partial charge is 0.220 e. The van der Waals surface area contributed by atoms with Crippen LogP contribution in [-0.4, -0.2) is 87.5 Å². The van der Waals surface area contributed by atoms with Crippen LogP contribution < -0.4 is 5.32 Å². The van der Waals surface area contributed by atoms with Gasteiger partial charge in [-0.2, -0.15) is 0 Å². The van der Waals surface area contributed by atoms with Crippen molar-refractivity contribution in [3.8, 4) is 0 Å². The van der Waals surface area contributed by atoms with Crippen LogP contribution in [0.1, 0.15) is 277 Å². The summed E-state index contributed by atoms with van der Waals surface area (Å²) in [6, 6.07) is -0.760. The van der Waals surface area contributed by atoms with Crippen LogP contribution in [0.4, 0.5) is 0 Å². The van der Waals surface area contributed by atoms with Gasteiger partial charge in [-0.3, -0.25) is 4.79 Å². The minimum atomic E-state index is -1.57. The van der Waals surface area contributed by atoms with Crippen molar-refractivity contribution in [2.45, 2.75) is 320 Å². The Kier molecular flexibility index (Phi) is 55.2. The molecule has 0 aromatic rings. The topological polar surface area (TPSA) is 149 Å². The van der Waals surface area contributed by atoms with Crippen LogP contribution in [0, 0.1) is 0 Å². The number of hydrogen-bond donors (Lipinski definition) is 6. The largest absolute Gasteiger partial charge is 0.394 e. The molecular weight excluding hydrogens is 995 g/mol. The van der Waals surface area contributed by atoms with E-state index >= 15 is 0 Å². The molecule has 1 aliphatic heterocycles. The first kappa shape index (κ1) is 74.9. The summed E-state index contributed by atoms with van der Waals surface area (Å²) in [6.45, 7) is 3.71. The summed E-state index contributed by atoms with van der Waals surface area (Å²) in [4.78, 5) is 13.1. The SMILES string of the molecule is CC/C=C\C/C=C\C/C=C\C/C=C\C/C=C\C/C=C\C/C=C\C/C=C\C/C=C\CCCC(=O)NC(COC1OC(CO)C(O)C(O)C1O)C(O)CCCCCCCCCCCCCCCCCCCCCCCCCCCCCC. The van der Waals surface area contributed by atoms with Gasteiger partial charge >= 0.3 is 0 Å². The van der Waals surface area contributed by atoms with Crippen molar-refractivity contribution in [2.24, 2.45) is 0 Å². The van der Waals surface area contributed by atoms with Crippen LogP contribution in [0.25, 0.3) is 0 Å². The van der Waals surface area contributed by atoms with Gasteiger partial charge in [-0.05, 0) is 77.0 Å². The molecule has 0 aromatic heterocycles. The summed E-state index contributed by atoms with van der Waals surface area (Å²) < 4.78 is 11.3. The maximum atomic E-state index is 13.1. The molecule has 1 aliphatic rings. The van der Waals surface area contributed by atoms with Gasteiger partial charge < -0.3 is 40.3 Å². The molecule has 1 heterocycles. The average Bonchev–Trinajstić information content (AvgIpc) is 3.46. The van der Waals surface area contributed by atoms with Crippen LogP contribution in [0.3, 0.4) is 0 Å². The Hall–Kier alpha value is -3.15. The second-order valence-electron chi connectivity index (χ2n) is 22.5. The van der Waals surface area contributed by atoms with Crippen LogP contribution >= 0.6 is 0 Å². The Morgan fingerprint density at radius 3 is 1.10 bits per heavy atom. The minimum Gasteiger partial charge on any atom is -0.394 e. The second kappa shape index (κ2) is 59.0. The van der Waals surface area contributed by atoms with E-state index in [0.717, 1.165) is 83.5 Å². The number of aliphatic hydroxyl groups is 5. The maximum Gasteiger partial charge on any atom is 0.220 e. The number of rotatable bonds is 56. The first-order chi connectivity index (χ1) is 39.3. The van der Waals surface area contributed by atoms with Crippen molar-refractivity contribution < 1.29 is 39.8 Å². The zero-order valence-corrected chi connectivity index (χ0v) is 51.3. The van der Waals surface area contributed by atoms with Gasteiger partial charge in [0.15, 0.2) is 6.29 Å². The molecule has 1 amide bonds. The van der Waals surface area contributed by atoms with E-state index in [-0.39, 0.29) is 18.9 Å². The summed E-state index contributed by atoms with van der Waals surface area (Å²) in [5, 5.41) is 54.8. The Morgan fingerprint density at radius 1 is 0.438 bits per heavy atom. The molecule has 80 heavy (non-hydrogen) atoms. The predicted molar refractivity (Wildman–Crippen MR) is 341 cm³/mol. The predicted octanol–water partition coefficient (Wildman–Crippen LogP) is 17.7. The number of allylic oxidation sites excluding steroid dienone is 18. The third-order valence-corrected chi connectivity index (χ3v) is 15.1. The van der Waals surface area contributed by atoms with Crippen molar-refractivity contribution in [1.29, 1.82) is 0 Å². The standard InChI is InChI=1S/C71H123NO8/c1-3-5-7-9-11-13-15-17-19-21-23-25-27-29-31-33-35-37-39-41-43-45-47-49-51-53-55-57-59-61-67(75)72-64(63-79-71-70(78)69(77)68(76)66(62-73)80-71)65(74)60-58-56-54-52-50-48-46-44-42-40-38-36-34-32-30-28-26-24-22-20-18-16-14-12-10-8-6-4-2/h5,7,11,13,17,19,23,25,29,31,35,37,41,43,47,49,53,55,64-66,68-71,73-74,76-78H,3-4,6,8-10,12,14-16,18,20-22,24,26-28,30,32-34,36,38-40,42,44-46,48,50-52,54,56-63H2,1-2H3,(H,72,75)/b7-5-,13-11-,19-17-,25-23-,31-29-,37-35-,43-41-,49-47-,55-53-. The summed E-state index contributed by atoms with van der Waals surface area (Å²) in [5.41, 5.74) is 0. The third-order valence-electron chi connectivity index (χ3n) is 15.1. The van der Waals surface area contributed by atoms with Gasteiger partial charge in [-0.15, -0.1) is 0 Å². The lowest BCUT2D eigenvalue weighted by molar-refractivity contribution is -0.302. The van der Waals surface area contributed by atoms with Gasteiger partial charge in [-0.25, -0.2) is 0 Å². The highest BCUT2D eigenvalue weighted by molar-refractivity contribution is 5.76.